The van der Waals surface area contributed by atoms with Crippen LogP contribution < -0.4 is 5.43 Å². The standard InChI is InChI=1S/C25H27N5O3/c1-24(2,3)15-9-16(25(4,5)6)11-17(10-15)28-29-22(13-26)23(31)20-14-27-21-8-7-18(30(32)33)12-19(20)21/h7-12,14,27-28H,1-6H3/b29-22+. The van der Waals surface area contributed by atoms with E-state index in [0.717, 1.165) is 11.1 Å². The molecule has 2 N–H and O–H groups in total. The Morgan fingerprint density at radius 1 is 1.06 bits per heavy atom. The molecule has 0 aliphatic rings. The Morgan fingerprint density at radius 3 is 2.18 bits per heavy atom. The van der Waals surface area contributed by atoms with Gasteiger partial charge < -0.3 is 4.98 Å². The van der Waals surface area contributed by atoms with Crippen molar-refractivity contribution < 1.29 is 9.72 Å². The third kappa shape index (κ3) is 5.09. The first-order valence-corrected chi connectivity index (χ1v) is 10.5. The van der Waals surface area contributed by atoms with E-state index in [0.29, 0.717) is 16.6 Å². The summed E-state index contributed by atoms with van der Waals surface area (Å²) in [5.41, 5.74) is 5.75. The molecule has 8 nitrogen and oxygen atoms in total. The Bertz CT molecular complexity index is 1280. The molecule has 0 unspecified atom stereocenters. The number of hydrogen-bond acceptors (Lipinski definition) is 6. The molecule has 0 spiro atoms. The molecule has 170 valence electrons. The van der Waals surface area contributed by atoms with E-state index in [2.05, 4.69) is 63.1 Å². The van der Waals surface area contributed by atoms with Gasteiger partial charge in [-0.3, -0.25) is 20.3 Å². The lowest BCUT2D eigenvalue weighted by Gasteiger charge is -2.26. The van der Waals surface area contributed by atoms with Gasteiger partial charge in [-0.1, -0.05) is 47.6 Å². The third-order valence-electron chi connectivity index (χ3n) is 5.40. The molecule has 0 fully saturated rings. The average molecular weight is 446 g/mol. The number of nitrogens with zero attached hydrogens (tertiary/aromatic N) is 3. The van der Waals surface area contributed by atoms with Crippen molar-refractivity contribution in [2.45, 2.75) is 52.4 Å². The molecule has 1 aromatic heterocycles. The number of nitrogens with one attached hydrogen (secondary N) is 2. The zero-order valence-corrected chi connectivity index (χ0v) is 19.6. The monoisotopic (exact) mass is 445 g/mol. The molecular formula is C25H27N5O3. The first-order valence-electron chi connectivity index (χ1n) is 10.5. The third-order valence-corrected chi connectivity index (χ3v) is 5.40. The highest BCUT2D eigenvalue weighted by Crippen LogP contribution is 2.32. The number of carbonyl (C=O) groups is 1. The van der Waals surface area contributed by atoms with Crippen LogP contribution in [-0.2, 0) is 10.8 Å². The number of carbonyl (C=O) groups excluding carboxylic acids is 1. The van der Waals surface area contributed by atoms with E-state index in [9.17, 15) is 20.2 Å². The predicted molar refractivity (Wildman–Crippen MR) is 130 cm³/mol. The number of Topliss-reactive ketones (excluding diaryl/α,β-unsaturated/α-hetero) is 1. The Hall–Kier alpha value is -3.99. The smallest absolute Gasteiger partial charge is 0.270 e. The van der Waals surface area contributed by atoms with Gasteiger partial charge >= 0.3 is 0 Å². The number of hydrogen-bond donors (Lipinski definition) is 2. The van der Waals surface area contributed by atoms with Crippen molar-refractivity contribution in [3.8, 4) is 6.07 Å². The number of ketones is 1. The normalized spacial score (nSPS) is 12.5. The highest BCUT2D eigenvalue weighted by Gasteiger charge is 2.22. The van der Waals surface area contributed by atoms with Gasteiger partial charge in [0, 0.05) is 29.2 Å². The van der Waals surface area contributed by atoms with Crippen LogP contribution in [-0.4, -0.2) is 21.4 Å². The minimum atomic E-state index is -0.625. The summed E-state index contributed by atoms with van der Waals surface area (Å²) in [7, 11) is 0. The molecule has 0 aliphatic heterocycles. The number of non-ortho nitro benzene ring substituents is 1. The van der Waals surface area contributed by atoms with Crippen LogP contribution in [0.2, 0.25) is 0 Å². The van der Waals surface area contributed by atoms with Crippen molar-refractivity contribution in [1.82, 2.24) is 4.98 Å². The second kappa shape index (κ2) is 8.51. The zero-order valence-electron chi connectivity index (χ0n) is 19.6. The number of aromatic amines is 1. The second-order valence-corrected chi connectivity index (χ2v) is 10.0. The van der Waals surface area contributed by atoms with Gasteiger partial charge in [-0.2, -0.15) is 10.4 Å². The molecule has 0 saturated heterocycles. The summed E-state index contributed by atoms with van der Waals surface area (Å²) in [6.45, 7) is 12.7. The van der Waals surface area contributed by atoms with E-state index in [4.69, 9.17) is 0 Å². The summed E-state index contributed by atoms with van der Waals surface area (Å²) >= 11 is 0. The van der Waals surface area contributed by atoms with E-state index < -0.39 is 10.7 Å². The lowest BCUT2D eigenvalue weighted by molar-refractivity contribution is -0.384. The predicted octanol–water partition coefficient (Wildman–Crippen LogP) is 5.85. The van der Waals surface area contributed by atoms with Gasteiger partial charge in [-0.05, 0) is 40.2 Å². The van der Waals surface area contributed by atoms with Gasteiger partial charge in [-0.25, -0.2) is 0 Å². The van der Waals surface area contributed by atoms with Crippen LogP contribution in [0.5, 0.6) is 0 Å². The summed E-state index contributed by atoms with van der Waals surface area (Å²) in [6, 6.07) is 12.1. The van der Waals surface area contributed by atoms with E-state index in [1.807, 2.05) is 18.2 Å². The van der Waals surface area contributed by atoms with Crippen molar-refractivity contribution in [2.75, 3.05) is 5.43 Å². The molecule has 33 heavy (non-hydrogen) atoms. The highest BCUT2D eigenvalue weighted by atomic mass is 16.6. The van der Waals surface area contributed by atoms with Gasteiger partial charge in [-0.15, -0.1) is 0 Å². The molecule has 3 aromatic rings. The van der Waals surface area contributed by atoms with Gasteiger partial charge in [0.25, 0.3) is 5.69 Å². The summed E-state index contributed by atoms with van der Waals surface area (Å²) in [5.74, 6) is -0.625. The molecule has 0 amide bonds. The Morgan fingerprint density at radius 2 is 1.67 bits per heavy atom. The van der Waals surface area contributed by atoms with Gasteiger partial charge in [0.1, 0.15) is 6.07 Å². The number of nitro groups is 1. The molecule has 0 aliphatic carbocycles. The highest BCUT2D eigenvalue weighted by molar-refractivity contribution is 6.53. The number of anilines is 1. The van der Waals surface area contributed by atoms with Gasteiger partial charge in [0.05, 0.1) is 16.2 Å². The SMILES string of the molecule is CC(C)(C)c1cc(N/N=C(\C#N)C(=O)c2c[nH]c3ccc([N+](=O)[O-])cc23)cc(C(C)(C)C)c1. The lowest BCUT2D eigenvalue weighted by atomic mass is 9.80. The number of aromatic nitrogens is 1. The van der Waals surface area contributed by atoms with E-state index in [1.165, 1.54) is 24.4 Å². The van der Waals surface area contributed by atoms with Crippen molar-refractivity contribution in [3.63, 3.8) is 0 Å². The summed E-state index contributed by atoms with van der Waals surface area (Å²) in [4.78, 5) is 26.5. The molecule has 0 atom stereocenters. The number of benzene rings is 2. The number of hydrazone groups is 1. The van der Waals surface area contributed by atoms with Crippen LogP contribution in [0.1, 0.15) is 63.0 Å². The fourth-order valence-corrected chi connectivity index (χ4v) is 3.34. The van der Waals surface area contributed by atoms with Crippen LogP contribution in [0.25, 0.3) is 10.9 Å². The lowest BCUT2D eigenvalue weighted by Crippen LogP contribution is -2.17. The number of rotatable bonds is 5. The van der Waals surface area contributed by atoms with E-state index in [1.54, 1.807) is 0 Å². The van der Waals surface area contributed by atoms with Gasteiger partial charge in [0.2, 0.25) is 11.5 Å². The number of nitriles is 1. The van der Waals surface area contributed by atoms with Gasteiger partial charge in [0.15, 0.2) is 0 Å². The van der Waals surface area contributed by atoms with Crippen LogP contribution in [0, 0.1) is 21.4 Å². The molecular weight excluding hydrogens is 418 g/mol. The maximum absolute atomic E-state index is 13.0. The van der Waals surface area contributed by atoms with Crippen molar-refractivity contribution in [1.29, 1.82) is 5.26 Å². The van der Waals surface area contributed by atoms with Crippen LogP contribution in [0.4, 0.5) is 11.4 Å². The zero-order chi connectivity index (χ0) is 24.6. The summed E-state index contributed by atoms with van der Waals surface area (Å²) < 4.78 is 0. The first kappa shape index (κ1) is 23.7. The minimum Gasteiger partial charge on any atom is -0.360 e. The van der Waals surface area contributed by atoms with Crippen LogP contribution in [0.3, 0.4) is 0 Å². The minimum absolute atomic E-state index is 0.103. The maximum atomic E-state index is 13.0. The number of nitro benzene ring substituents is 1. The molecule has 8 heteroatoms. The molecule has 0 saturated carbocycles. The fourth-order valence-electron chi connectivity index (χ4n) is 3.34. The second-order valence-electron chi connectivity index (χ2n) is 10.0. The Kier molecular flexibility index (Phi) is 6.10. The Labute approximate surface area is 192 Å². The van der Waals surface area contributed by atoms with Crippen LogP contribution >= 0.6 is 0 Å². The van der Waals surface area contributed by atoms with Crippen molar-refractivity contribution in [2.24, 2.45) is 5.10 Å². The quantitative estimate of drug-likeness (QED) is 0.221. The molecule has 1 heterocycles. The molecule has 3 rings (SSSR count). The summed E-state index contributed by atoms with van der Waals surface area (Å²) in [6.07, 6.45) is 1.43. The number of H-pyrrole nitrogens is 1. The first-order chi connectivity index (χ1) is 15.3. The van der Waals surface area contributed by atoms with Crippen molar-refractivity contribution in [3.05, 3.63) is 69.4 Å². The number of fused-ring (bicyclic) bond motifs is 1. The van der Waals surface area contributed by atoms with E-state index >= 15 is 0 Å². The van der Waals surface area contributed by atoms with Crippen LogP contribution in [0.15, 0.2) is 47.7 Å². The molecule has 0 radical (unpaired) electrons. The topological polar surface area (TPSA) is 124 Å². The fraction of sp³-hybridized carbons (Fsp3) is 0.320. The largest absolute Gasteiger partial charge is 0.360 e. The Balaban J connectivity index is 1.99. The summed E-state index contributed by atoms with van der Waals surface area (Å²) in [5, 5.41) is 25.2. The molecule has 2 aromatic carbocycles. The molecule has 0 bridgehead atoms. The average Bonchev–Trinajstić information content (AvgIpc) is 3.15. The van der Waals surface area contributed by atoms with E-state index in [-0.39, 0.29) is 27.8 Å². The van der Waals surface area contributed by atoms with Crippen molar-refractivity contribution >= 4 is 33.8 Å². The maximum Gasteiger partial charge on any atom is 0.270 e.